The van der Waals surface area contributed by atoms with Gasteiger partial charge < -0.3 is 19.3 Å². The first-order valence-electron chi connectivity index (χ1n) is 12.2. The lowest BCUT2D eigenvalue weighted by Gasteiger charge is -2.48. The van der Waals surface area contributed by atoms with E-state index in [9.17, 15) is 9.90 Å². The molecular formula is C25H37BN2O4. The Bertz CT molecular complexity index is 909. The van der Waals surface area contributed by atoms with Crippen LogP contribution in [0.1, 0.15) is 72.8 Å². The summed E-state index contributed by atoms with van der Waals surface area (Å²) in [4.78, 5) is 18.0. The third-order valence-electron chi connectivity index (χ3n) is 8.63. The Hall–Kier alpha value is -1.41. The van der Waals surface area contributed by atoms with E-state index in [1.807, 2.05) is 18.7 Å². The van der Waals surface area contributed by atoms with Gasteiger partial charge in [0.25, 0.3) is 0 Å². The number of aliphatic hydroxyl groups is 1. The highest BCUT2D eigenvalue weighted by atomic mass is 16.7. The van der Waals surface area contributed by atoms with Gasteiger partial charge in [0.05, 0.1) is 22.7 Å². The van der Waals surface area contributed by atoms with Crippen LogP contribution >= 0.6 is 0 Å². The van der Waals surface area contributed by atoms with E-state index in [-0.39, 0.29) is 18.1 Å². The molecule has 0 radical (unpaired) electrons. The molecule has 1 aromatic rings. The molecular weight excluding hydrogens is 403 g/mol. The summed E-state index contributed by atoms with van der Waals surface area (Å²) in [5, 5.41) is 10.0. The lowest BCUT2D eigenvalue weighted by atomic mass is 9.76. The van der Waals surface area contributed by atoms with Crippen LogP contribution in [0.3, 0.4) is 0 Å². The predicted octanol–water partition coefficient (Wildman–Crippen LogP) is 2.60. The lowest BCUT2D eigenvalue weighted by Crippen LogP contribution is -2.58. The van der Waals surface area contributed by atoms with Crippen molar-refractivity contribution in [1.82, 2.24) is 4.90 Å². The Labute approximate surface area is 192 Å². The van der Waals surface area contributed by atoms with Crippen LogP contribution in [0.15, 0.2) is 18.2 Å². The molecule has 174 valence electrons. The maximum Gasteiger partial charge on any atom is 0.494 e. The standard InChI is InChI=1S/C25H37BN2O4/c1-23(2)20-10-9-16(26-31-24(3,4)25(5,6)32-26)12-21(20)28(22(23)30)18-13-17(14-18)27-11-7-8-19(29)15-27/h9-10,12,17-19,29H,7-8,11,13-15H2,1-6H3. The molecule has 1 aromatic carbocycles. The van der Waals surface area contributed by atoms with Gasteiger partial charge >= 0.3 is 7.12 Å². The highest BCUT2D eigenvalue weighted by Crippen LogP contribution is 2.46. The second-order valence-electron chi connectivity index (χ2n) is 11.7. The van der Waals surface area contributed by atoms with Gasteiger partial charge in [-0.15, -0.1) is 0 Å². The Morgan fingerprint density at radius 2 is 1.69 bits per heavy atom. The third kappa shape index (κ3) is 3.35. The number of aliphatic hydroxyl groups excluding tert-OH is 1. The van der Waals surface area contributed by atoms with E-state index in [2.05, 4.69) is 50.8 Å². The van der Waals surface area contributed by atoms with Gasteiger partial charge in [-0.2, -0.15) is 0 Å². The van der Waals surface area contributed by atoms with Crippen molar-refractivity contribution in [3.63, 3.8) is 0 Å². The molecule has 1 atom stereocenters. The van der Waals surface area contributed by atoms with Crippen molar-refractivity contribution in [2.75, 3.05) is 18.0 Å². The molecule has 3 fully saturated rings. The van der Waals surface area contributed by atoms with Crippen molar-refractivity contribution in [3.8, 4) is 0 Å². The van der Waals surface area contributed by atoms with Gasteiger partial charge in [-0.05, 0) is 90.9 Å². The van der Waals surface area contributed by atoms with E-state index in [0.29, 0.717) is 6.04 Å². The van der Waals surface area contributed by atoms with Crippen molar-refractivity contribution in [2.24, 2.45) is 0 Å². The zero-order valence-corrected chi connectivity index (χ0v) is 20.4. The van der Waals surface area contributed by atoms with Gasteiger partial charge in [0, 0.05) is 24.3 Å². The Balaban J connectivity index is 1.39. The molecule has 3 aliphatic heterocycles. The van der Waals surface area contributed by atoms with Crippen LogP contribution in [0.4, 0.5) is 5.69 Å². The van der Waals surface area contributed by atoms with Gasteiger partial charge in [-0.1, -0.05) is 12.1 Å². The number of benzene rings is 1. The topological polar surface area (TPSA) is 62.2 Å². The summed E-state index contributed by atoms with van der Waals surface area (Å²) in [5.41, 5.74) is 1.73. The SMILES string of the molecule is CC1(C)C(=O)N(C2CC(N3CCCC(O)C3)C2)c2cc(B3OC(C)(C)C(C)(C)O3)ccc21. The number of fused-ring (bicyclic) bond motifs is 1. The van der Waals surface area contributed by atoms with Crippen molar-refractivity contribution in [2.45, 2.75) is 102 Å². The molecule has 32 heavy (non-hydrogen) atoms. The highest BCUT2D eigenvalue weighted by Gasteiger charge is 2.54. The number of hydrogen-bond donors (Lipinski definition) is 1. The van der Waals surface area contributed by atoms with Crippen LogP contribution in [0.2, 0.25) is 0 Å². The van der Waals surface area contributed by atoms with Crippen molar-refractivity contribution < 1.29 is 19.2 Å². The molecule has 7 heteroatoms. The fourth-order valence-corrected chi connectivity index (χ4v) is 5.67. The lowest BCUT2D eigenvalue weighted by molar-refractivity contribution is -0.123. The first kappa shape index (κ1) is 22.4. The molecule has 1 saturated carbocycles. The minimum atomic E-state index is -0.532. The van der Waals surface area contributed by atoms with Gasteiger partial charge in [0.2, 0.25) is 5.91 Å². The number of rotatable bonds is 3. The number of carbonyl (C=O) groups is 1. The number of hydrogen-bond acceptors (Lipinski definition) is 5. The quantitative estimate of drug-likeness (QED) is 0.733. The number of piperidine rings is 1. The second-order valence-corrected chi connectivity index (χ2v) is 11.7. The molecule has 0 bridgehead atoms. The van der Waals surface area contributed by atoms with Crippen LogP contribution < -0.4 is 10.4 Å². The van der Waals surface area contributed by atoms with Crippen LogP contribution in [0.25, 0.3) is 0 Å². The number of likely N-dealkylation sites (tertiary alicyclic amines) is 1. The molecule has 1 amide bonds. The highest BCUT2D eigenvalue weighted by molar-refractivity contribution is 6.62. The first-order chi connectivity index (χ1) is 14.9. The molecule has 1 aliphatic carbocycles. The molecule has 0 aromatic heterocycles. The Morgan fingerprint density at radius 3 is 2.31 bits per heavy atom. The number of amides is 1. The van der Waals surface area contributed by atoms with E-state index >= 15 is 0 Å². The smallest absolute Gasteiger partial charge is 0.399 e. The number of nitrogens with zero attached hydrogens (tertiary/aromatic N) is 2. The van der Waals surface area contributed by atoms with Gasteiger partial charge in [0.1, 0.15) is 0 Å². The fourth-order valence-electron chi connectivity index (χ4n) is 5.67. The normalized spacial score (nSPS) is 33.3. The van der Waals surface area contributed by atoms with Crippen LogP contribution in [-0.4, -0.2) is 65.5 Å². The van der Waals surface area contributed by atoms with E-state index in [4.69, 9.17) is 9.31 Å². The average molecular weight is 440 g/mol. The molecule has 4 aliphatic rings. The molecule has 0 spiro atoms. The third-order valence-corrected chi connectivity index (χ3v) is 8.63. The monoisotopic (exact) mass is 440 g/mol. The predicted molar refractivity (Wildman–Crippen MR) is 126 cm³/mol. The fraction of sp³-hybridized carbons (Fsp3) is 0.720. The largest absolute Gasteiger partial charge is 0.494 e. The molecule has 1 N–H and O–H groups in total. The zero-order valence-electron chi connectivity index (χ0n) is 20.4. The summed E-state index contributed by atoms with van der Waals surface area (Å²) >= 11 is 0. The Kier molecular flexibility index (Phi) is 5.10. The minimum Gasteiger partial charge on any atom is -0.399 e. The van der Waals surface area contributed by atoms with Gasteiger partial charge in [-0.3, -0.25) is 9.69 Å². The molecule has 6 nitrogen and oxygen atoms in total. The summed E-state index contributed by atoms with van der Waals surface area (Å²) < 4.78 is 12.6. The summed E-state index contributed by atoms with van der Waals surface area (Å²) in [5.74, 6) is 0.181. The zero-order chi connectivity index (χ0) is 23.1. The number of β-amino-alcohol motifs (C(OH)–C–C–N with tert-alkyl or cyclic N) is 1. The molecule has 2 saturated heterocycles. The number of carbonyl (C=O) groups excluding carboxylic acids is 1. The van der Waals surface area contributed by atoms with Gasteiger partial charge in [-0.25, -0.2) is 0 Å². The Morgan fingerprint density at radius 1 is 1.03 bits per heavy atom. The second kappa shape index (κ2) is 7.30. The first-order valence-corrected chi connectivity index (χ1v) is 12.2. The summed E-state index contributed by atoms with van der Waals surface area (Å²) in [7, 11) is -0.435. The summed E-state index contributed by atoms with van der Waals surface area (Å²) in [6, 6.07) is 6.92. The maximum absolute atomic E-state index is 13.5. The summed E-state index contributed by atoms with van der Waals surface area (Å²) in [6.45, 7) is 14.1. The summed E-state index contributed by atoms with van der Waals surface area (Å²) in [6.07, 6.45) is 3.68. The van der Waals surface area contributed by atoms with Crippen LogP contribution in [0.5, 0.6) is 0 Å². The van der Waals surface area contributed by atoms with E-state index in [0.717, 1.165) is 55.5 Å². The molecule has 1 unspecified atom stereocenters. The average Bonchev–Trinajstić information content (AvgIpc) is 3.01. The van der Waals surface area contributed by atoms with Gasteiger partial charge in [0.15, 0.2) is 0 Å². The molecule has 5 rings (SSSR count). The van der Waals surface area contributed by atoms with Crippen molar-refractivity contribution in [3.05, 3.63) is 23.8 Å². The van der Waals surface area contributed by atoms with E-state index in [1.165, 1.54) is 0 Å². The van der Waals surface area contributed by atoms with Crippen LogP contribution in [0, 0.1) is 0 Å². The van der Waals surface area contributed by atoms with Crippen molar-refractivity contribution in [1.29, 1.82) is 0 Å². The van der Waals surface area contributed by atoms with Crippen molar-refractivity contribution >= 4 is 24.2 Å². The number of anilines is 1. The molecule has 3 heterocycles. The minimum absolute atomic E-state index is 0.181. The maximum atomic E-state index is 13.5. The van der Waals surface area contributed by atoms with Crippen LogP contribution in [-0.2, 0) is 19.5 Å². The van der Waals surface area contributed by atoms with E-state index < -0.39 is 23.7 Å². The van der Waals surface area contributed by atoms with E-state index in [1.54, 1.807) is 0 Å².